The van der Waals surface area contributed by atoms with Gasteiger partial charge in [-0.1, -0.05) is 24.3 Å². The standard InChI is InChI=1S/2C12H8FO.Fe/c2*13-11-7-5-10(6-8-11)12(14)9-3-1-2-4-9;/h2*1-8H;/q2*-1;+2. The molecule has 4 aromatic rings. The minimum atomic E-state index is -0.330. The van der Waals surface area contributed by atoms with Gasteiger partial charge in [0.25, 0.3) is 0 Å². The van der Waals surface area contributed by atoms with Crippen LogP contribution in [-0.2, 0) is 17.1 Å². The molecule has 4 aromatic carbocycles. The zero-order chi connectivity index (χ0) is 19.9. The summed E-state index contributed by atoms with van der Waals surface area (Å²) in [6.45, 7) is 0. The average molecular weight is 430 g/mol. The third-order valence-electron chi connectivity index (χ3n) is 4.06. The molecule has 0 unspecified atom stereocenters. The molecular weight excluding hydrogens is 414 g/mol. The third-order valence-corrected chi connectivity index (χ3v) is 4.06. The van der Waals surface area contributed by atoms with E-state index in [0.29, 0.717) is 22.3 Å². The number of carbonyl (C=O) groups is 2. The molecule has 0 aliphatic rings. The summed E-state index contributed by atoms with van der Waals surface area (Å²) in [7, 11) is 0. The fourth-order valence-corrected chi connectivity index (χ4v) is 2.59. The van der Waals surface area contributed by atoms with Gasteiger partial charge in [0.2, 0.25) is 0 Å². The summed E-state index contributed by atoms with van der Waals surface area (Å²) in [6.07, 6.45) is 0. The predicted octanol–water partition coefficient (Wildman–Crippen LogP) is 5.55. The van der Waals surface area contributed by atoms with Crippen LogP contribution in [0.15, 0.2) is 97.1 Å². The van der Waals surface area contributed by atoms with Crippen molar-refractivity contribution in [2.24, 2.45) is 0 Å². The maximum atomic E-state index is 12.6. The Morgan fingerprint density at radius 3 is 1.21 bits per heavy atom. The molecule has 0 aromatic heterocycles. The molecule has 0 N–H and O–H groups in total. The average Bonchev–Trinajstić information content (AvgIpc) is 3.43. The van der Waals surface area contributed by atoms with Gasteiger partial charge in [0, 0.05) is 0 Å². The SMILES string of the molecule is O=C(c1ccc(F)cc1)c1ccc[cH-]1.O=C(c1ccc(F)cc1)c1ccc[cH-]1.[Fe+2]. The molecular formula is C24H16F2FeO2. The van der Waals surface area contributed by atoms with Crippen LogP contribution in [0.25, 0.3) is 0 Å². The second-order valence-corrected chi connectivity index (χ2v) is 6.02. The molecule has 29 heavy (non-hydrogen) atoms. The molecule has 0 aliphatic carbocycles. The van der Waals surface area contributed by atoms with Crippen LogP contribution in [0.5, 0.6) is 0 Å². The van der Waals surface area contributed by atoms with Gasteiger partial charge in [-0.25, -0.2) is 8.78 Å². The molecule has 146 valence electrons. The molecule has 0 atom stereocenters. The van der Waals surface area contributed by atoms with Crippen LogP contribution < -0.4 is 0 Å². The topological polar surface area (TPSA) is 34.1 Å². The Hall–Kier alpha value is -3.14. The predicted molar refractivity (Wildman–Crippen MR) is 104 cm³/mol. The largest absolute Gasteiger partial charge is 2.00 e. The number of carbonyl (C=O) groups excluding carboxylic acids is 2. The van der Waals surface area contributed by atoms with Gasteiger partial charge in [-0.3, -0.25) is 0 Å². The van der Waals surface area contributed by atoms with Crippen molar-refractivity contribution in [1.29, 1.82) is 0 Å². The number of benzene rings is 2. The van der Waals surface area contributed by atoms with Crippen molar-refractivity contribution in [2.75, 3.05) is 0 Å². The summed E-state index contributed by atoms with van der Waals surface area (Å²) in [6, 6.07) is 25.3. The quantitative estimate of drug-likeness (QED) is 0.242. The van der Waals surface area contributed by atoms with Gasteiger partial charge < -0.3 is 9.59 Å². The van der Waals surface area contributed by atoms with Crippen molar-refractivity contribution < 1.29 is 35.4 Å². The monoisotopic (exact) mass is 430 g/mol. The molecule has 0 spiro atoms. The summed E-state index contributed by atoms with van der Waals surface area (Å²) < 4.78 is 25.2. The van der Waals surface area contributed by atoms with E-state index in [2.05, 4.69) is 0 Å². The number of halogens is 2. The van der Waals surface area contributed by atoms with Crippen LogP contribution >= 0.6 is 0 Å². The van der Waals surface area contributed by atoms with Crippen LogP contribution in [0.1, 0.15) is 31.8 Å². The Balaban J connectivity index is 0.000000200. The number of hydrogen-bond donors (Lipinski definition) is 0. The summed E-state index contributed by atoms with van der Waals surface area (Å²) in [5.74, 6) is -0.807. The molecule has 0 fully saturated rings. The van der Waals surface area contributed by atoms with Crippen molar-refractivity contribution >= 4 is 11.6 Å². The van der Waals surface area contributed by atoms with E-state index in [1.807, 2.05) is 0 Å². The summed E-state index contributed by atoms with van der Waals surface area (Å²) in [5, 5.41) is 0. The Morgan fingerprint density at radius 2 is 0.931 bits per heavy atom. The molecule has 5 heteroatoms. The smallest absolute Gasteiger partial charge is 0.346 e. The fourth-order valence-electron chi connectivity index (χ4n) is 2.59. The van der Waals surface area contributed by atoms with Crippen LogP contribution in [0.2, 0.25) is 0 Å². The van der Waals surface area contributed by atoms with Crippen molar-refractivity contribution in [3.8, 4) is 0 Å². The maximum absolute atomic E-state index is 12.6. The Kier molecular flexibility index (Phi) is 7.96. The van der Waals surface area contributed by atoms with Crippen molar-refractivity contribution in [1.82, 2.24) is 0 Å². The maximum Gasteiger partial charge on any atom is 2.00 e. The zero-order valence-corrected chi connectivity index (χ0v) is 16.3. The fraction of sp³-hybridized carbons (Fsp3) is 0. The van der Waals surface area contributed by atoms with E-state index >= 15 is 0 Å². The van der Waals surface area contributed by atoms with Gasteiger partial charge >= 0.3 is 17.1 Å². The van der Waals surface area contributed by atoms with Gasteiger partial charge in [0.05, 0.1) is 0 Å². The third kappa shape index (κ3) is 5.92. The van der Waals surface area contributed by atoms with Crippen LogP contribution in [0.3, 0.4) is 0 Å². The first-order valence-electron chi connectivity index (χ1n) is 8.58. The van der Waals surface area contributed by atoms with E-state index < -0.39 is 0 Å². The van der Waals surface area contributed by atoms with Gasteiger partial charge in [0.15, 0.2) is 0 Å². The molecule has 4 rings (SSSR count). The molecule has 0 amide bonds. The van der Waals surface area contributed by atoms with Crippen LogP contribution in [0.4, 0.5) is 8.78 Å². The van der Waals surface area contributed by atoms with E-state index in [1.165, 1.54) is 48.5 Å². The first kappa shape index (κ1) is 22.2. The van der Waals surface area contributed by atoms with Gasteiger partial charge in [-0.05, 0) is 35.4 Å². The van der Waals surface area contributed by atoms with Crippen LogP contribution in [-0.4, -0.2) is 11.6 Å². The molecule has 0 heterocycles. The van der Waals surface area contributed by atoms with Crippen LogP contribution in [0, 0.1) is 11.6 Å². The summed E-state index contributed by atoms with van der Waals surface area (Å²) in [4.78, 5) is 23.4. The number of ketones is 2. The Morgan fingerprint density at radius 1 is 0.586 bits per heavy atom. The molecule has 0 saturated heterocycles. The van der Waals surface area contributed by atoms with Crippen molar-refractivity contribution in [2.45, 2.75) is 0 Å². The zero-order valence-electron chi connectivity index (χ0n) is 15.2. The number of rotatable bonds is 4. The summed E-state index contributed by atoms with van der Waals surface area (Å²) in [5.41, 5.74) is 2.29. The van der Waals surface area contributed by atoms with E-state index in [4.69, 9.17) is 0 Å². The first-order valence-corrected chi connectivity index (χ1v) is 8.58. The Bertz CT molecular complexity index is 946. The van der Waals surface area contributed by atoms with Gasteiger partial charge in [0.1, 0.15) is 23.2 Å². The molecule has 0 aliphatic heterocycles. The van der Waals surface area contributed by atoms with E-state index in [1.54, 1.807) is 48.5 Å². The molecule has 0 bridgehead atoms. The first-order chi connectivity index (χ1) is 13.5. The Labute approximate surface area is 178 Å². The minimum Gasteiger partial charge on any atom is -0.346 e. The van der Waals surface area contributed by atoms with E-state index in [-0.39, 0.29) is 40.3 Å². The van der Waals surface area contributed by atoms with Crippen molar-refractivity contribution in [3.63, 3.8) is 0 Å². The molecule has 2 nitrogen and oxygen atoms in total. The van der Waals surface area contributed by atoms with Gasteiger partial charge in [-0.2, -0.15) is 36.4 Å². The van der Waals surface area contributed by atoms with E-state index in [9.17, 15) is 18.4 Å². The summed E-state index contributed by atoms with van der Waals surface area (Å²) >= 11 is 0. The molecule has 0 radical (unpaired) electrons. The van der Waals surface area contributed by atoms with Crippen molar-refractivity contribution in [3.05, 3.63) is 131 Å². The minimum absolute atomic E-state index is 0. The second kappa shape index (κ2) is 10.4. The molecule has 0 saturated carbocycles. The second-order valence-electron chi connectivity index (χ2n) is 6.02. The van der Waals surface area contributed by atoms with E-state index in [0.717, 1.165) is 0 Å². The normalized spacial score (nSPS) is 9.72. The number of hydrogen-bond acceptors (Lipinski definition) is 2. The van der Waals surface area contributed by atoms with Gasteiger partial charge in [-0.15, -0.1) is 23.3 Å².